The maximum atomic E-state index is 10.8. The number of carbonyl (C=O) groups is 1. The van der Waals surface area contributed by atoms with Crippen LogP contribution in [0.5, 0.6) is 0 Å². The van der Waals surface area contributed by atoms with E-state index in [1.54, 1.807) is 0 Å². The van der Waals surface area contributed by atoms with Gasteiger partial charge in [-0.05, 0) is 32.0 Å². The molecule has 7 heteroatoms. The van der Waals surface area contributed by atoms with Crippen molar-refractivity contribution in [1.82, 2.24) is 9.55 Å². The summed E-state index contributed by atoms with van der Waals surface area (Å²) >= 11 is 4.66. The number of fused-ring (bicyclic) bond motifs is 1. The Labute approximate surface area is 135 Å². The molecule has 1 aromatic heterocycles. The van der Waals surface area contributed by atoms with Gasteiger partial charge in [0, 0.05) is 11.1 Å². The van der Waals surface area contributed by atoms with Crippen LogP contribution < -0.4 is 0 Å². The monoisotopic (exact) mass is 372 g/mol. The summed E-state index contributed by atoms with van der Waals surface area (Å²) in [5.74, 6) is -0.856. The van der Waals surface area contributed by atoms with Crippen LogP contribution in [0.25, 0.3) is 11.0 Å². The Hall–Kier alpha value is -1.05. The summed E-state index contributed by atoms with van der Waals surface area (Å²) in [6, 6.07) is 5.87. The molecule has 0 amide bonds. The molecule has 0 aliphatic carbocycles. The zero-order valence-corrected chi connectivity index (χ0v) is 14.3. The average Bonchev–Trinajstić information content (AvgIpc) is 2.74. The normalized spacial score (nSPS) is 12.7. The summed E-state index contributed by atoms with van der Waals surface area (Å²) in [5, 5.41) is 9.57. The molecule has 1 atom stereocenters. The van der Waals surface area contributed by atoms with Crippen LogP contribution in [0.2, 0.25) is 0 Å². The summed E-state index contributed by atoms with van der Waals surface area (Å²) in [6.07, 6.45) is 0.0419. The van der Waals surface area contributed by atoms with E-state index in [0.29, 0.717) is 18.3 Å². The molecule has 0 radical (unpaired) electrons. The predicted molar refractivity (Wildman–Crippen MR) is 86.9 cm³/mol. The average molecular weight is 373 g/mol. The Balaban J connectivity index is 2.36. The van der Waals surface area contributed by atoms with E-state index in [2.05, 4.69) is 20.9 Å². The lowest BCUT2D eigenvalue weighted by Crippen LogP contribution is -2.17. The number of hydrogen-bond acceptors (Lipinski definition) is 4. The molecule has 0 saturated carbocycles. The summed E-state index contributed by atoms with van der Waals surface area (Å²) in [6.45, 7) is 5.25. The number of thioether (sulfide) groups is 1. The van der Waals surface area contributed by atoms with Crippen molar-refractivity contribution in [2.24, 2.45) is 0 Å². The van der Waals surface area contributed by atoms with Crippen molar-refractivity contribution < 1.29 is 14.6 Å². The Morgan fingerprint density at radius 1 is 1.57 bits per heavy atom. The maximum absolute atomic E-state index is 10.8. The maximum Gasteiger partial charge on any atom is 0.313 e. The number of carboxylic acid groups (broad SMARTS) is 1. The number of hydrogen-bond donors (Lipinski definition) is 1. The Morgan fingerprint density at radius 2 is 2.33 bits per heavy atom. The van der Waals surface area contributed by atoms with Crippen LogP contribution in [0.3, 0.4) is 0 Å². The molecule has 1 unspecified atom stereocenters. The van der Waals surface area contributed by atoms with Gasteiger partial charge in [-0.2, -0.15) is 0 Å². The second-order valence-electron chi connectivity index (χ2n) is 4.59. The second kappa shape index (κ2) is 7.29. The third-order valence-electron chi connectivity index (χ3n) is 2.89. The molecular formula is C14H17BrN2O3S. The van der Waals surface area contributed by atoms with Crippen LogP contribution in [0, 0.1) is 0 Å². The van der Waals surface area contributed by atoms with Crippen molar-refractivity contribution in [2.45, 2.75) is 31.7 Å². The zero-order valence-electron chi connectivity index (χ0n) is 11.9. The van der Waals surface area contributed by atoms with Gasteiger partial charge in [-0.1, -0.05) is 27.7 Å². The van der Waals surface area contributed by atoms with Gasteiger partial charge >= 0.3 is 5.97 Å². The van der Waals surface area contributed by atoms with Crippen LogP contribution in [0.1, 0.15) is 13.8 Å². The molecule has 1 heterocycles. The van der Waals surface area contributed by atoms with E-state index >= 15 is 0 Å². The smallest absolute Gasteiger partial charge is 0.313 e. The van der Waals surface area contributed by atoms with E-state index in [4.69, 9.17) is 9.84 Å². The minimum Gasteiger partial charge on any atom is -0.481 e. The van der Waals surface area contributed by atoms with Gasteiger partial charge in [0.2, 0.25) is 0 Å². The molecule has 1 N–H and O–H groups in total. The summed E-state index contributed by atoms with van der Waals surface area (Å²) in [7, 11) is 0. The first-order valence-electron chi connectivity index (χ1n) is 6.63. The van der Waals surface area contributed by atoms with Gasteiger partial charge in [-0.3, -0.25) is 4.79 Å². The minimum absolute atomic E-state index is 0.00644. The van der Waals surface area contributed by atoms with Crippen molar-refractivity contribution in [2.75, 3.05) is 12.4 Å². The van der Waals surface area contributed by atoms with E-state index in [1.165, 1.54) is 11.8 Å². The van der Waals surface area contributed by atoms with Crippen molar-refractivity contribution in [3.63, 3.8) is 0 Å². The van der Waals surface area contributed by atoms with Crippen LogP contribution in [0.4, 0.5) is 0 Å². The van der Waals surface area contributed by atoms with E-state index in [9.17, 15) is 4.79 Å². The predicted octanol–water partition coefficient (Wildman–Crippen LogP) is 3.40. The standard InChI is InChI=1S/C14H17BrN2O3S/c1-3-20-9(2)7-17-12-5-4-10(15)6-11(12)16-14(17)21-8-13(18)19/h4-6,9H,3,7-8H2,1-2H3,(H,18,19). The molecule has 21 heavy (non-hydrogen) atoms. The molecule has 1 aromatic carbocycles. The fraction of sp³-hybridized carbons (Fsp3) is 0.429. The molecule has 0 aliphatic rings. The number of imidazole rings is 1. The van der Waals surface area contributed by atoms with E-state index < -0.39 is 5.97 Å². The number of benzene rings is 1. The van der Waals surface area contributed by atoms with E-state index in [1.807, 2.05) is 36.6 Å². The summed E-state index contributed by atoms with van der Waals surface area (Å²) in [4.78, 5) is 15.3. The Bertz CT molecular complexity index is 644. The highest BCUT2D eigenvalue weighted by Gasteiger charge is 2.15. The molecule has 0 bridgehead atoms. The first-order chi connectivity index (χ1) is 10.0. The number of aromatic nitrogens is 2. The highest BCUT2D eigenvalue weighted by molar-refractivity contribution is 9.10. The highest BCUT2D eigenvalue weighted by atomic mass is 79.9. The van der Waals surface area contributed by atoms with Gasteiger partial charge in [-0.25, -0.2) is 4.98 Å². The highest BCUT2D eigenvalue weighted by Crippen LogP contribution is 2.27. The lowest BCUT2D eigenvalue weighted by Gasteiger charge is -2.15. The zero-order chi connectivity index (χ0) is 15.4. The van der Waals surface area contributed by atoms with Gasteiger partial charge in [0.15, 0.2) is 5.16 Å². The van der Waals surface area contributed by atoms with Crippen molar-refractivity contribution in [1.29, 1.82) is 0 Å². The van der Waals surface area contributed by atoms with Gasteiger partial charge in [0.05, 0.1) is 29.4 Å². The lowest BCUT2D eigenvalue weighted by molar-refractivity contribution is -0.133. The molecule has 5 nitrogen and oxygen atoms in total. The largest absolute Gasteiger partial charge is 0.481 e. The number of carboxylic acids is 1. The van der Waals surface area contributed by atoms with Crippen LogP contribution >= 0.6 is 27.7 Å². The third kappa shape index (κ3) is 4.21. The molecule has 0 saturated heterocycles. The second-order valence-corrected chi connectivity index (χ2v) is 6.44. The Kier molecular flexibility index (Phi) is 5.66. The van der Waals surface area contributed by atoms with Crippen molar-refractivity contribution in [3.8, 4) is 0 Å². The molecule has 0 spiro atoms. The molecule has 114 valence electrons. The fourth-order valence-corrected chi connectivity index (χ4v) is 3.18. The van der Waals surface area contributed by atoms with E-state index in [-0.39, 0.29) is 11.9 Å². The van der Waals surface area contributed by atoms with Crippen LogP contribution in [-0.2, 0) is 16.1 Å². The SMILES string of the molecule is CCOC(C)Cn1c(SCC(=O)O)nc2cc(Br)ccc21. The van der Waals surface area contributed by atoms with Crippen LogP contribution in [-0.4, -0.2) is 39.1 Å². The topological polar surface area (TPSA) is 64.3 Å². The van der Waals surface area contributed by atoms with Gasteiger partial charge in [0.1, 0.15) is 0 Å². The fourth-order valence-electron chi connectivity index (χ4n) is 2.09. The number of halogens is 1. The van der Waals surface area contributed by atoms with Crippen LogP contribution in [0.15, 0.2) is 27.8 Å². The Morgan fingerprint density at radius 3 is 3.00 bits per heavy atom. The number of aliphatic carboxylic acids is 1. The van der Waals surface area contributed by atoms with E-state index in [0.717, 1.165) is 15.5 Å². The molecule has 2 aromatic rings. The number of nitrogens with zero attached hydrogens (tertiary/aromatic N) is 2. The molecule has 0 aliphatic heterocycles. The van der Waals surface area contributed by atoms with Gasteiger partial charge < -0.3 is 14.4 Å². The first kappa shape index (κ1) is 16.3. The van der Waals surface area contributed by atoms with Crippen molar-refractivity contribution >= 4 is 44.7 Å². The number of rotatable bonds is 7. The molecule has 2 rings (SSSR count). The van der Waals surface area contributed by atoms with Crippen molar-refractivity contribution in [3.05, 3.63) is 22.7 Å². The molecular weight excluding hydrogens is 356 g/mol. The first-order valence-corrected chi connectivity index (χ1v) is 8.41. The summed E-state index contributed by atoms with van der Waals surface area (Å²) in [5.41, 5.74) is 1.83. The summed E-state index contributed by atoms with van der Waals surface area (Å²) < 4.78 is 8.56. The van der Waals surface area contributed by atoms with Gasteiger partial charge in [0.25, 0.3) is 0 Å². The molecule has 0 fully saturated rings. The number of ether oxygens (including phenoxy) is 1. The lowest BCUT2D eigenvalue weighted by atomic mass is 10.3. The van der Waals surface area contributed by atoms with Gasteiger partial charge in [-0.15, -0.1) is 0 Å². The minimum atomic E-state index is -0.849. The quantitative estimate of drug-likeness (QED) is 0.754. The third-order valence-corrected chi connectivity index (χ3v) is 4.35.